The summed E-state index contributed by atoms with van der Waals surface area (Å²) in [6.45, 7) is 2.83. The number of hydrogen-bond acceptors (Lipinski definition) is 9. The standard InChI is InChI=1S/C17H18N6O3S/c1-25-17-21-14(20-16(22-17)23-4-6-26-7-5-23)9-18-15(24)11-2-3-12-13(8-11)27-10-19-12/h2-3,8,10H,4-7,9H2,1H3,(H,18,24). The molecule has 1 N–H and O–H groups in total. The van der Waals surface area contributed by atoms with E-state index in [1.54, 1.807) is 11.6 Å². The Hall–Kier alpha value is -2.85. The predicted octanol–water partition coefficient (Wildman–Crippen LogP) is 1.26. The molecule has 1 fully saturated rings. The van der Waals surface area contributed by atoms with Gasteiger partial charge in [0, 0.05) is 18.7 Å². The minimum Gasteiger partial charge on any atom is -0.467 e. The second-order valence-corrected chi connectivity index (χ2v) is 6.74. The van der Waals surface area contributed by atoms with Crippen LogP contribution in [0.1, 0.15) is 16.2 Å². The van der Waals surface area contributed by atoms with Crippen molar-refractivity contribution < 1.29 is 14.3 Å². The minimum absolute atomic E-state index is 0.176. The van der Waals surface area contributed by atoms with E-state index in [4.69, 9.17) is 9.47 Å². The third-order valence-electron chi connectivity index (χ3n) is 4.13. The molecule has 1 aliphatic heterocycles. The molecule has 0 saturated carbocycles. The van der Waals surface area contributed by atoms with Crippen LogP contribution in [0.15, 0.2) is 23.7 Å². The topological polar surface area (TPSA) is 102 Å². The number of anilines is 1. The first-order chi connectivity index (χ1) is 13.2. The first kappa shape index (κ1) is 17.6. The Bertz CT molecular complexity index is 957. The Labute approximate surface area is 159 Å². The Morgan fingerprint density at radius 2 is 2.15 bits per heavy atom. The van der Waals surface area contributed by atoms with Crippen LogP contribution < -0.4 is 15.0 Å². The maximum Gasteiger partial charge on any atom is 0.321 e. The zero-order valence-electron chi connectivity index (χ0n) is 14.7. The predicted molar refractivity (Wildman–Crippen MR) is 100 cm³/mol. The fourth-order valence-corrected chi connectivity index (χ4v) is 3.44. The molecule has 0 atom stereocenters. The van der Waals surface area contributed by atoms with Crippen LogP contribution in [-0.2, 0) is 11.3 Å². The third-order valence-corrected chi connectivity index (χ3v) is 4.92. The van der Waals surface area contributed by atoms with Gasteiger partial charge in [-0.05, 0) is 18.2 Å². The summed E-state index contributed by atoms with van der Waals surface area (Å²) >= 11 is 1.50. The van der Waals surface area contributed by atoms with Crippen LogP contribution in [0.5, 0.6) is 6.01 Å². The van der Waals surface area contributed by atoms with Crippen LogP contribution in [0.2, 0.25) is 0 Å². The van der Waals surface area contributed by atoms with E-state index in [2.05, 4.69) is 25.3 Å². The van der Waals surface area contributed by atoms with Crippen LogP contribution >= 0.6 is 11.3 Å². The maximum absolute atomic E-state index is 12.5. The highest BCUT2D eigenvalue weighted by molar-refractivity contribution is 7.16. The first-order valence-electron chi connectivity index (χ1n) is 8.46. The van der Waals surface area contributed by atoms with Crippen LogP contribution in [-0.4, -0.2) is 59.3 Å². The van der Waals surface area contributed by atoms with Crippen molar-refractivity contribution in [2.45, 2.75) is 6.54 Å². The van der Waals surface area contributed by atoms with Crippen molar-refractivity contribution in [2.75, 3.05) is 38.3 Å². The quantitative estimate of drug-likeness (QED) is 0.699. The molecule has 3 aromatic rings. The number of nitrogens with zero attached hydrogens (tertiary/aromatic N) is 5. The monoisotopic (exact) mass is 386 g/mol. The largest absolute Gasteiger partial charge is 0.467 e. The number of benzene rings is 1. The molecule has 140 valence electrons. The first-order valence-corrected chi connectivity index (χ1v) is 9.34. The van der Waals surface area contributed by atoms with E-state index in [0.29, 0.717) is 43.6 Å². The number of nitrogens with one attached hydrogen (secondary N) is 1. The summed E-state index contributed by atoms with van der Waals surface area (Å²) in [6, 6.07) is 5.64. The normalized spacial score (nSPS) is 14.3. The zero-order valence-corrected chi connectivity index (χ0v) is 15.5. The van der Waals surface area contributed by atoms with E-state index in [-0.39, 0.29) is 18.5 Å². The summed E-state index contributed by atoms with van der Waals surface area (Å²) < 4.78 is 11.5. The number of carbonyl (C=O) groups is 1. The average Bonchev–Trinajstić information content (AvgIpc) is 3.20. The molecule has 0 radical (unpaired) electrons. The summed E-state index contributed by atoms with van der Waals surface area (Å²) in [5.74, 6) is 0.772. The Morgan fingerprint density at radius 3 is 2.96 bits per heavy atom. The lowest BCUT2D eigenvalue weighted by Crippen LogP contribution is -2.37. The molecule has 4 rings (SSSR count). The van der Waals surface area contributed by atoms with Crippen molar-refractivity contribution in [3.8, 4) is 6.01 Å². The number of rotatable bonds is 5. The number of fused-ring (bicyclic) bond motifs is 1. The summed E-state index contributed by atoms with van der Waals surface area (Å²) in [6.07, 6.45) is 0. The average molecular weight is 386 g/mol. The Balaban J connectivity index is 1.48. The van der Waals surface area contributed by atoms with Gasteiger partial charge in [-0.1, -0.05) is 0 Å². The Kier molecular flexibility index (Phi) is 5.07. The summed E-state index contributed by atoms with van der Waals surface area (Å²) in [7, 11) is 1.51. The van der Waals surface area contributed by atoms with Crippen molar-refractivity contribution in [3.63, 3.8) is 0 Å². The lowest BCUT2D eigenvalue weighted by atomic mass is 10.2. The number of amides is 1. The van der Waals surface area contributed by atoms with Gasteiger partial charge in [-0.25, -0.2) is 4.98 Å². The van der Waals surface area contributed by atoms with Crippen LogP contribution in [0.4, 0.5) is 5.95 Å². The molecule has 0 bridgehead atoms. The molecule has 9 nitrogen and oxygen atoms in total. The molecule has 2 aromatic heterocycles. The van der Waals surface area contributed by atoms with E-state index >= 15 is 0 Å². The van der Waals surface area contributed by atoms with Gasteiger partial charge in [-0.15, -0.1) is 11.3 Å². The highest BCUT2D eigenvalue weighted by Crippen LogP contribution is 2.19. The lowest BCUT2D eigenvalue weighted by Gasteiger charge is -2.26. The van der Waals surface area contributed by atoms with E-state index in [1.807, 2.05) is 17.0 Å². The van der Waals surface area contributed by atoms with Gasteiger partial charge < -0.3 is 19.7 Å². The summed E-state index contributed by atoms with van der Waals surface area (Å²) in [5.41, 5.74) is 3.21. The van der Waals surface area contributed by atoms with Crippen molar-refractivity contribution in [1.29, 1.82) is 0 Å². The minimum atomic E-state index is -0.197. The fraction of sp³-hybridized carbons (Fsp3) is 0.353. The molecule has 0 unspecified atom stereocenters. The van der Waals surface area contributed by atoms with Crippen molar-refractivity contribution in [1.82, 2.24) is 25.3 Å². The number of morpholine rings is 1. The molecule has 0 spiro atoms. The van der Waals surface area contributed by atoms with E-state index in [9.17, 15) is 4.79 Å². The van der Waals surface area contributed by atoms with Gasteiger partial charge in [0.05, 0.1) is 42.6 Å². The van der Waals surface area contributed by atoms with Crippen molar-refractivity contribution in [3.05, 3.63) is 35.1 Å². The Morgan fingerprint density at radius 1 is 1.30 bits per heavy atom. The number of hydrogen-bond donors (Lipinski definition) is 1. The number of ether oxygens (including phenoxy) is 2. The molecule has 27 heavy (non-hydrogen) atoms. The van der Waals surface area contributed by atoms with E-state index < -0.39 is 0 Å². The number of carbonyl (C=O) groups excluding carboxylic acids is 1. The maximum atomic E-state index is 12.5. The van der Waals surface area contributed by atoms with E-state index in [0.717, 1.165) is 10.2 Å². The third kappa shape index (κ3) is 3.96. The van der Waals surface area contributed by atoms with Gasteiger partial charge in [-0.3, -0.25) is 4.79 Å². The van der Waals surface area contributed by atoms with Crippen LogP contribution in [0.25, 0.3) is 10.2 Å². The highest BCUT2D eigenvalue weighted by Gasteiger charge is 2.17. The molecule has 1 amide bonds. The zero-order chi connectivity index (χ0) is 18.6. The fourth-order valence-electron chi connectivity index (χ4n) is 2.72. The van der Waals surface area contributed by atoms with Gasteiger partial charge in [0.2, 0.25) is 5.95 Å². The van der Waals surface area contributed by atoms with Crippen molar-refractivity contribution >= 4 is 33.4 Å². The number of thiazole rings is 1. The molecule has 1 aliphatic rings. The SMILES string of the molecule is COc1nc(CNC(=O)c2ccc3ncsc3c2)nc(N2CCOCC2)n1. The lowest BCUT2D eigenvalue weighted by molar-refractivity contribution is 0.0950. The molecular weight excluding hydrogens is 368 g/mol. The summed E-state index contributed by atoms with van der Waals surface area (Å²) in [5, 5.41) is 2.85. The second kappa shape index (κ2) is 7.80. The molecule has 0 aliphatic carbocycles. The number of methoxy groups -OCH3 is 1. The second-order valence-electron chi connectivity index (χ2n) is 5.86. The molecule has 3 heterocycles. The molecule has 1 aromatic carbocycles. The van der Waals surface area contributed by atoms with Gasteiger partial charge in [-0.2, -0.15) is 15.0 Å². The highest BCUT2D eigenvalue weighted by atomic mass is 32.1. The number of aromatic nitrogens is 4. The summed E-state index contributed by atoms with van der Waals surface area (Å²) in [4.78, 5) is 31.7. The molecule has 1 saturated heterocycles. The van der Waals surface area contributed by atoms with Gasteiger partial charge in [0.1, 0.15) is 0 Å². The van der Waals surface area contributed by atoms with Crippen LogP contribution in [0, 0.1) is 0 Å². The van der Waals surface area contributed by atoms with Crippen molar-refractivity contribution in [2.24, 2.45) is 0 Å². The van der Waals surface area contributed by atoms with Gasteiger partial charge in [0.25, 0.3) is 5.91 Å². The molecule has 10 heteroatoms. The molecular formula is C17H18N6O3S. The smallest absolute Gasteiger partial charge is 0.321 e. The van der Waals surface area contributed by atoms with E-state index in [1.165, 1.54) is 18.4 Å². The van der Waals surface area contributed by atoms with Crippen LogP contribution in [0.3, 0.4) is 0 Å². The van der Waals surface area contributed by atoms with Gasteiger partial charge in [0.15, 0.2) is 5.82 Å². The van der Waals surface area contributed by atoms with Gasteiger partial charge >= 0.3 is 6.01 Å².